The molecule has 0 aliphatic rings. The van der Waals surface area contributed by atoms with Gasteiger partial charge in [-0.15, -0.1) is 0 Å². The summed E-state index contributed by atoms with van der Waals surface area (Å²) in [6, 6.07) is 4.58. The molecule has 0 saturated carbocycles. The summed E-state index contributed by atoms with van der Waals surface area (Å²) in [6.45, 7) is 5.36. The topological polar surface area (TPSA) is 72.8 Å². The van der Waals surface area contributed by atoms with Crippen LogP contribution in [0.15, 0.2) is 23.8 Å². The summed E-state index contributed by atoms with van der Waals surface area (Å²) in [5, 5.41) is 9.60. The average molecular weight is 278 g/mol. The first-order valence-electron chi connectivity index (χ1n) is 6.35. The molecule has 108 valence electrons. The van der Waals surface area contributed by atoms with Crippen LogP contribution in [0.2, 0.25) is 0 Å². The highest BCUT2D eigenvalue weighted by Gasteiger charge is 2.16. The molecule has 0 atom stereocenters. The van der Waals surface area contributed by atoms with Gasteiger partial charge in [-0.2, -0.15) is 0 Å². The van der Waals surface area contributed by atoms with Gasteiger partial charge in [0.1, 0.15) is 5.57 Å². The second-order valence-corrected chi connectivity index (χ2v) is 3.99. The number of hydrogen-bond acceptors (Lipinski definition) is 5. The van der Waals surface area contributed by atoms with Crippen molar-refractivity contribution in [2.24, 2.45) is 0 Å². The summed E-state index contributed by atoms with van der Waals surface area (Å²) in [5.41, 5.74) is 0.532. The van der Waals surface area contributed by atoms with Gasteiger partial charge in [-0.1, -0.05) is 6.07 Å². The zero-order chi connectivity index (χ0) is 15.1. The van der Waals surface area contributed by atoms with Crippen LogP contribution in [0.5, 0.6) is 11.5 Å². The SMILES string of the molecule is CCOC(=O)C(=Cc1ccc(O)c(OCC)c1)C(C)=O. The number of rotatable bonds is 6. The Balaban J connectivity index is 3.14. The van der Waals surface area contributed by atoms with Crippen molar-refractivity contribution >= 4 is 17.8 Å². The third-order valence-corrected chi connectivity index (χ3v) is 2.47. The van der Waals surface area contributed by atoms with Crippen molar-refractivity contribution in [1.29, 1.82) is 0 Å². The van der Waals surface area contributed by atoms with Crippen molar-refractivity contribution in [3.8, 4) is 11.5 Å². The van der Waals surface area contributed by atoms with Crippen LogP contribution in [0.25, 0.3) is 6.08 Å². The normalized spacial score (nSPS) is 11.1. The zero-order valence-electron chi connectivity index (χ0n) is 11.8. The predicted octanol–water partition coefficient (Wildman–Crippen LogP) is 2.33. The van der Waals surface area contributed by atoms with Crippen LogP contribution < -0.4 is 4.74 Å². The Morgan fingerprint density at radius 1 is 1.25 bits per heavy atom. The highest BCUT2D eigenvalue weighted by Crippen LogP contribution is 2.27. The number of aromatic hydroxyl groups is 1. The lowest BCUT2D eigenvalue weighted by Crippen LogP contribution is -2.13. The molecule has 0 aromatic heterocycles. The molecule has 0 spiro atoms. The average Bonchev–Trinajstić information content (AvgIpc) is 2.39. The predicted molar refractivity (Wildman–Crippen MR) is 74.6 cm³/mol. The number of benzene rings is 1. The first-order valence-corrected chi connectivity index (χ1v) is 6.35. The molecule has 1 aromatic carbocycles. The molecule has 1 N–H and O–H groups in total. The molecule has 0 radical (unpaired) electrons. The second kappa shape index (κ2) is 7.33. The molecule has 0 heterocycles. The van der Waals surface area contributed by atoms with Crippen LogP contribution in [-0.2, 0) is 14.3 Å². The second-order valence-electron chi connectivity index (χ2n) is 3.99. The van der Waals surface area contributed by atoms with E-state index in [9.17, 15) is 14.7 Å². The number of carbonyl (C=O) groups is 2. The van der Waals surface area contributed by atoms with Gasteiger partial charge in [-0.25, -0.2) is 4.79 Å². The van der Waals surface area contributed by atoms with E-state index < -0.39 is 5.97 Å². The number of esters is 1. The highest BCUT2D eigenvalue weighted by atomic mass is 16.5. The third-order valence-electron chi connectivity index (χ3n) is 2.47. The van der Waals surface area contributed by atoms with Gasteiger partial charge in [0.2, 0.25) is 0 Å². The molecule has 0 bridgehead atoms. The lowest BCUT2D eigenvalue weighted by Gasteiger charge is -2.07. The fourth-order valence-electron chi connectivity index (χ4n) is 1.57. The van der Waals surface area contributed by atoms with Crippen LogP contribution in [0.1, 0.15) is 26.3 Å². The molecule has 0 saturated heterocycles. The van der Waals surface area contributed by atoms with E-state index in [1.54, 1.807) is 26.0 Å². The van der Waals surface area contributed by atoms with Crippen LogP contribution in [-0.4, -0.2) is 30.1 Å². The Kier molecular flexibility index (Phi) is 5.77. The van der Waals surface area contributed by atoms with Crippen LogP contribution in [0, 0.1) is 0 Å². The number of phenols is 1. The molecule has 5 heteroatoms. The van der Waals surface area contributed by atoms with Crippen LogP contribution in [0.3, 0.4) is 0 Å². The van der Waals surface area contributed by atoms with Crippen LogP contribution in [0.4, 0.5) is 0 Å². The Morgan fingerprint density at radius 3 is 2.50 bits per heavy atom. The molecule has 5 nitrogen and oxygen atoms in total. The van der Waals surface area contributed by atoms with E-state index >= 15 is 0 Å². The summed E-state index contributed by atoms with van der Waals surface area (Å²) in [7, 11) is 0. The third kappa shape index (κ3) is 4.12. The zero-order valence-corrected chi connectivity index (χ0v) is 11.8. The Morgan fingerprint density at radius 2 is 1.95 bits per heavy atom. The summed E-state index contributed by atoms with van der Waals surface area (Å²) in [5.74, 6) is -0.738. The van der Waals surface area contributed by atoms with Crippen molar-refractivity contribution in [3.05, 3.63) is 29.3 Å². The Bertz CT molecular complexity index is 531. The molecule has 0 amide bonds. The standard InChI is InChI=1S/C15H18O5/c1-4-19-14-9-11(6-7-13(14)17)8-12(10(3)16)15(18)20-5-2/h6-9,17H,4-5H2,1-3H3. The van der Waals surface area contributed by atoms with E-state index in [1.165, 1.54) is 19.1 Å². The maximum Gasteiger partial charge on any atom is 0.341 e. The van der Waals surface area contributed by atoms with Crippen molar-refractivity contribution in [2.75, 3.05) is 13.2 Å². The van der Waals surface area contributed by atoms with Crippen molar-refractivity contribution < 1.29 is 24.2 Å². The number of ether oxygens (including phenoxy) is 2. The molecule has 20 heavy (non-hydrogen) atoms. The molecule has 0 aliphatic heterocycles. The van der Waals surface area contributed by atoms with Gasteiger partial charge in [0.05, 0.1) is 13.2 Å². The van der Waals surface area contributed by atoms with Crippen molar-refractivity contribution in [2.45, 2.75) is 20.8 Å². The lowest BCUT2D eigenvalue weighted by molar-refractivity contribution is -0.139. The molecule has 0 fully saturated rings. The molecule has 1 rings (SSSR count). The van der Waals surface area contributed by atoms with Gasteiger partial charge in [0, 0.05) is 0 Å². The molecule has 1 aromatic rings. The molecular weight excluding hydrogens is 260 g/mol. The minimum absolute atomic E-state index is 0.00418. The monoisotopic (exact) mass is 278 g/mol. The van der Waals surface area contributed by atoms with Gasteiger partial charge in [-0.3, -0.25) is 4.79 Å². The number of Topliss-reactive ketones (excluding diaryl/α,β-unsaturated/α-hetero) is 1. The Hall–Kier alpha value is -2.30. The van der Waals surface area contributed by atoms with Crippen molar-refractivity contribution in [1.82, 2.24) is 0 Å². The maximum absolute atomic E-state index is 11.7. The van der Waals surface area contributed by atoms with Crippen LogP contribution >= 0.6 is 0 Å². The van der Waals surface area contributed by atoms with E-state index in [-0.39, 0.29) is 23.7 Å². The number of ketones is 1. The van der Waals surface area contributed by atoms with Gasteiger partial charge in [-0.05, 0) is 44.5 Å². The van der Waals surface area contributed by atoms with E-state index in [0.29, 0.717) is 17.9 Å². The summed E-state index contributed by atoms with van der Waals surface area (Å²) < 4.78 is 10.1. The Labute approximate surface area is 117 Å². The van der Waals surface area contributed by atoms with Gasteiger partial charge >= 0.3 is 5.97 Å². The molecular formula is C15H18O5. The van der Waals surface area contributed by atoms with Crippen molar-refractivity contribution in [3.63, 3.8) is 0 Å². The largest absolute Gasteiger partial charge is 0.504 e. The number of carbonyl (C=O) groups excluding carboxylic acids is 2. The smallest absolute Gasteiger partial charge is 0.341 e. The summed E-state index contributed by atoms with van der Waals surface area (Å²) in [4.78, 5) is 23.2. The fraction of sp³-hybridized carbons (Fsp3) is 0.333. The first kappa shape index (κ1) is 15.8. The first-order chi connectivity index (χ1) is 9.49. The van der Waals surface area contributed by atoms with Gasteiger partial charge in [0.25, 0.3) is 0 Å². The number of hydrogen-bond donors (Lipinski definition) is 1. The number of phenolic OH excluding ortho intramolecular Hbond substituents is 1. The highest BCUT2D eigenvalue weighted by molar-refractivity contribution is 6.19. The van der Waals surface area contributed by atoms with E-state index in [2.05, 4.69) is 0 Å². The molecule has 0 aliphatic carbocycles. The van der Waals surface area contributed by atoms with Gasteiger partial charge < -0.3 is 14.6 Å². The maximum atomic E-state index is 11.7. The van der Waals surface area contributed by atoms with E-state index in [0.717, 1.165) is 0 Å². The quantitative estimate of drug-likeness (QED) is 0.374. The van der Waals surface area contributed by atoms with E-state index in [1.807, 2.05) is 0 Å². The molecule has 0 unspecified atom stereocenters. The summed E-state index contributed by atoms with van der Waals surface area (Å²) >= 11 is 0. The fourth-order valence-corrected chi connectivity index (χ4v) is 1.57. The minimum Gasteiger partial charge on any atom is -0.504 e. The lowest BCUT2D eigenvalue weighted by atomic mass is 10.1. The van der Waals surface area contributed by atoms with Gasteiger partial charge in [0.15, 0.2) is 17.3 Å². The van der Waals surface area contributed by atoms with E-state index in [4.69, 9.17) is 9.47 Å². The minimum atomic E-state index is -0.661. The summed E-state index contributed by atoms with van der Waals surface area (Å²) in [6.07, 6.45) is 1.42.